The third-order valence-electron chi connectivity index (χ3n) is 3.03. The van der Waals surface area contributed by atoms with Gasteiger partial charge in [0.1, 0.15) is 6.54 Å². The molecule has 2 N–H and O–H groups in total. The lowest BCUT2D eigenvalue weighted by Gasteiger charge is -2.10. The average Bonchev–Trinajstić information content (AvgIpc) is 2.92. The van der Waals surface area contributed by atoms with E-state index in [9.17, 15) is 0 Å². The van der Waals surface area contributed by atoms with Crippen LogP contribution in [0.3, 0.4) is 0 Å². The molecule has 0 aliphatic carbocycles. The molecule has 1 aromatic heterocycles. The summed E-state index contributed by atoms with van der Waals surface area (Å²) < 4.78 is 5.23. The van der Waals surface area contributed by atoms with Crippen molar-refractivity contribution in [1.82, 2.24) is 15.8 Å². The van der Waals surface area contributed by atoms with Crippen LogP contribution >= 0.6 is 0 Å². The fourth-order valence-electron chi connectivity index (χ4n) is 1.85. The van der Waals surface area contributed by atoms with Crippen molar-refractivity contribution in [2.24, 2.45) is 4.99 Å². The van der Waals surface area contributed by atoms with Gasteiger partial charge in [0.25, 0.3) is 0 Å². The molecule has 5 nitrogen and oxygen atoms in total. The number of unbranched alkanes of at least 4 members (excludes halogenated alkanes) is 3. The van der Waals surface area contributed by atoms with Crippen molar-refractivity contribution in [3.63, 3.8) is 0 Å². The second-order valence-electron chi connectivity index (χ2n) is 4.82. The first-order chi connectivity index (χ1) is 9.80. The van der Waals surface area contributed by atoms with Crippen LogP contribution in [0.5, 0.6) is 0 Å². The maximum absolute atomic E-state index is 5.23. The summed E-state index contributed by atoms with van der Waals surface area (Å²) in [5.41, 5.74) is 0.979. The maximum Gasteiger partial charge on any atom is 0.191 e. The molecule has 20 heavy (non-hydrogen) atoms. The quantitative estimate of drug-likeness (QED) is 0.415. The standard InChI is InChI=1S/C15H28N4O/c1-4-7-8-9-10-17-15(16-6-3)18-12-14-11-13(5-2)19-20-14/h11H,4-10,12H2,1-3H3,(H2,16,17,18). The number of rotatable bonds is 9. The van der Waals surface area contributed by atoms with E-state index in [0.717, 1.165) is 36.9 Å². The van der Waals surface area contributed by atoms with Crippen LogP contribution in [-0.2, 0) is 13.0 Å². The molecule has 0 radical (unpaired) electrons. The Labute approximate surface area is 122 Å². The van der Waals surface area contributed by atoms with Gasteiger partial charge < -0.3 is 15.2 Å². The highest BCUT2D eigenvalue weighted by molar-refractivity contribution is 5.79. The van der Waals surface area contributed by atoms with Gasteiger partial charge in [-0.15, -0.1) is 0 Å². The summed E-state index contributed by atoms with van der Waals surface area (Å²) in [6, 6.07) is 1.97. The van der Waals surface area contributed by atoms with Gasteiger partial charge in [-0.05, 0) is 19.8 Å². The minimum absolute atomic E-state index is 0.525. The zero-order valence-electron chi connectivity index (χ0n) is 13.0. The van der Waals surface area contributed by atoms with Crippen LogP contribution < -0.4 is 10.6 Å². The molecule has 0 atom stereocenters. The van der Waals surface area contributed by atoms with Crippen LogP contribution in [0.1, 0.15) is 57.9 Å². The molecular formula is C15H28N4O. The van der Waals surface area contributed by atoms with E-state index in [0.29, 0.717) is 6.54 Å². The van der Waals surface area contributed by atoms with Gasteiger partial charge in [-0.25, -0.2) is 4.99 Å². The largest absolute Gasteiger partial charge is 0.359 e. The van der Waals surface area contributed by atoms with E-state index in [4.69, 9.17) is 4.52 Å². The lowest BCUT2D eigenvalue weighted by atomic mass is 10.2. The average molecular weight is 280 g/mol. The number of aryl methyl sites for hydroxylation is 1. The predicted molar refractivity (Wildman–Crippen MR) is 82.8 cm³/mol. The highest BCUT2D eigenvalue weighted by Gasteiger charge is 2.02. The summed E-state index contributed by atoms with van der Waals surface area (Å²) in [4.78, 5) is 4.51. The third-order valence-corrected chi connectivity index (χ3v) is 3.03. The van der Waals surface area contributed by atoms with Crippen molar-refractivity contribution >= 4 is 5.96 Å². The summed E-state index contributed by atoms with van der Waals surface area (Å²) in [6.07, 6.45) is 5.90. The van der Waals surface area contributed by atoms with Gasteiger partial charge in [-0.1, -0.05) is 38.3 Å². The topological polar surface area (TPSA) is 62.5 Å². The van der Waals surface area contributed by atoms with E-state index in [1.165, 1.54) is 25.7 Å². The number of guanidine groups is 1. The number of aromatic nitrogens is 1. The molecule has 0 unspecified atom stereocenters. The van der Waals surface area contributed by atoms with Crippen LogP contribution in [0.15, 0.2) is 15.6 Å². The van der Waals surface area contributed by atoms with Crippen LogP contribution in [0.2, 0.25) is 0 Å². The highest BCUT2D eigenvalue weighted by atomic mass is 16.5. The molecule has 1 rings (SSSR count). The van der Waals surface area contributed by atoms with Crippen LogP contribution in [0.4, 0.5) is 0 Å². The molecule has 0 aliphatic rings. The van der Waals surface area contributed by atoms with Crippen LogP contribution in [-0.4, -0.2) is 24.2 Å². The van der Waals surface area contributed by atoms with Crippen molar-refractivity contribution in [3.8, 4) is 0 Å². The molecule has 0 spiro atoms. The smallest absolute Gasteiger partial charge is 0.191 e. The molecular weight excluding hydrogens is 252 g/mol. The lowest BCUT2D eigenvalue weighted by Crippen LogP contribution is -2.37. The Morgan fingerprint density at radius 2 is 2.05 bits per heavy atom. The highest BCUT2D eigenvalue weighted by Crippen LogP contribution is 2.05. The van der Waals surface area contributed by atoms with Gasteiger partial charge in [-0.2, -0.15) is 0 Å². The third kappa shape index (κ3) is 6.59. The van der Waals surface area contributed by atoms with Crippen molar-refractivity contribution in [2.75, 3.05) is 13.1 Å². The van der Waals surface area contributed by atoms with E-state index in [1.54, 1.807) is 0 Å². The second-order valence-corrected chi connectivity index (χ2v) is 4.82. The Bertz CT molecular complexity index is 387. The Balaban J connectivity index is 2.37. The number of hydrogen-bond donors (Lipinski definition) is 2. The molecule has 0 saturated heterocycles. The van der Waals surface area contributed by atoms with E-state index in [2.05, 4.69) is 41.6 Å². The summed E-state index contributed by atoms with van der Waals surface area (Å²) >= 11 is 0. The van der Waals surface area contributed by atoms with E-state index >= 15 is 0 Å². The van der Waals surface area contributed by atoms with Gasteiger partial charge in [-0.3, -0.25) is 0 Å². The van der Waals surface area contributed by atoms with E-state index in [1.807, 2.05) is 6.07 Å². The minimum atomic E-state index is 0.525. The Morgan fingerprint density at radius 3 is 2.70 bits per heavy atom. The number of aliphatic imine (C=N–C) groups is 1. The fraction of sp³-hybridized carbons (Fsp3) is 0.733. The summed E-state index contributed by atoms with van der Waals surface area (Å²) in [5, 5.41) is 10.6. The second kappa shape index (κ2) is 10.3. The Hall–Kier alpha value is -1.52. The summed E-state index contributed by atoms with van der Waals surface area (Å²) in [7, 11) is 0. The predicted octanol–water partition coefficient (Wildman–Crippen LogP) is 2.87. The van der Waals surface area contributed by atoms with E-state index < -0.39 is 0 Å². The molecule has 0 saturated carbocycles. The normalized spacial score (nSPS) is 11.7. The number of nitrogens with one attached hydrogen (secondary N) is 2. The first-order valence-corrected chi connectivity index (χ1v) is 7.76. The zero-order chi connectivity index (χ0) is 14.6. The van der Waals surface area contributed by atoms with Gasteiger partial charge in [0.05, 0.1) is 5.69 Å². The van der Waals surface area contributed by atoms with Crippen molar-refractivity contribution < 1.29 is 4.52 Å². The molecule has 1 heterocycles. The molecule has 0 amide bonds. The number of nitrogens with zero attached hydrogens (tertiary/aromatic N) is 2. The van der Waals surface area contributed by atoms with Crippen LogP contribution in [0, 0.1) is 0 Å². The molecule has 0 aromatic carbocycles. The van der Waals surface area contributed by atoms with E-state index in [-0.39, 0.29) is 0 Å². The van der Waals surface area contributed by atoms with Gasteiger partial charge in [0, 0.05) is 19.2 Å². The number of hydrogen-bond acceptors (Lipinski definition) is 3. The van der Waals surface area contributed by atoms with Crippen molar-refractivity contribution in [2.45, 2.75) is 59.4 Å². The zero-order valence-corrected chi connectivity index (χ0v) is 13.0. The summed E-state index contributed by atoms with van der Waals surface area (Å²) in [5.74, 6) is 1.66. The van der Waals surface area contributed by atoms with Gasteiger partial charge >= 0.3 is 0 Å². The SMILES string of the molecule is CCCCCCNC(=NCc1cc(CC)no1)NCC. The Kier molecular flexibility index (Phi) is 8.51. The molecule has 5 heteroatoms. The van der Waals surface area contributed by atoms with Crippen molar-refractivity contribution in [3.05, 3.63) is 17.5 Å². The minimum Gasteiger partial charge on any atom is -0.359 e. The monoisotopic (exact) mass is 280 g/mol. The van der Waals surface area contributed by atoms with Gasteiger partial charge in [0.2, 0.25) is 0 Å². The molecule has 1 aromatic rings. The molecule has 0 bridgehead atoms. The fourth-order valence-corrected chi connectivity index (χ4v) is 1.85. The molecule has 114 valence electrons. The maximum atomic E-state index is 5.23. The molecule has 0 aliphatic heterocycles. The summed E-state index contributed by atoms with van der Waals surface area (Å²) in [6.45, 7) is 8.70. The van der Waals surface area contributed by atoms with Crippen molar-refractivity contribution in [1.29, 1.82) is 0 Å². The first kappa shape index (κ1) is 16.5. The molecule has 0 fully saturated rings. The van der Waals surface area contributed by atoms with Gasteiger partial charge in [0.15, 0.2) is 11.7 Å². The lowest BCUT2D eigenvalue weighted by molar-refractivity contribution is 0.379. The van der Waals surface area contributed by atoms with Crippen LogP contribution in [0.25, 0.3) is 0 Å². The Morgan fingerprint density at radius 1 is 1.20 bits per heavy atom. The first-order valence-electron chi connectivity index (χ1n) is 7.76.